The molecule has 0 saturated heterocycles. The summed E-state index contributed by atoms with van der Waals surface area (Å²) in [6.45, 7) is 3.64. The van der Waals surface area contributed by atoms with Crippen molar-refractivity contribution in [1.82, 2.24) is 0 Å². The van der Waals surface area contributed by atoms with Crippen molar-refractivity contribution in [3.8, 4) is 17.2 Å². The molecule has 7 nitrogen and oxygen atoms in total. The van der Waals surface area contributed by atoms with Crippen LogP contribution in [0, 0.1) is 0 Å². The molecule has 0 bridgehead atoms. The lowest BCUT2D eigenvalue weighted by molar-refractivity contribution is -0.122. The molecule has 0 saturated carbocycles. The molecule has 2 rings (SSSR count). The standard InChI is InChI=1S/C20H23NO6/c1-5-26-20(23)14-7-6-8-16(11-14)27-13(2)19(22)21-15-9-10-17(24-3)18(12-15)25-4/h6-13H,5H2,1-4H3,(H,21,22)/t13-/m0/s1. The Morgan fingerprint density at radius 1 is 1.04 bits per heavy atom. The molecule has 0 spiro atoms. The van der Waals surface area contributed by atoms with Crippen molar-refractivity contribution in [3.63, 3.8) is 0 Å². The number of nitrogens with one attached hydrogen (secondary N) is 1. The summed E-state index contributed by atoms with van der Waals surface area (Å²) < 4.78 is 21.0. The second-order valence-corrected chi connectivity index (χ2v) is 5.57. The first kappa shape index (κ1) is 20.1. The van der Waals surface area contributed by atoms with Crippen molar-refractivity contribution in [3.05, 3.63) is 48.0 Å². The molecule has 0 aliphatic heterocycles. The van der Waals surface area contributed by atoms with Gasteiger partial charge in [0.25, 0.3) is 5.91 Å². The van der Waals surface area contributed by atoms with Crippen molar-refractivity contribution in [2.45, 2.75) is 20.0 Å². The third-order valence-corrected chi connectivity index (χ3v) is 3.68. The van der Waals surface area contributed by atoms with Gasteiger partial charge in [-0.1, -0.05) is 6.07 Å². The highest BCUT2D eigenvalue weighted by Crippen LogP contribution is 2.29. The molecule has 0 fully saturated rings. The summed E-state index contributed by atoms with van der Waals surface area (Å²) in [5.74, 6) is 0.686. The molecule has 7 heteroatoms. The van der Waals surface area contributed by atoms with Gasteiger partial charge >= 0.3 is 5.97 Å². The van der Waals surface area contributed by atoms with Crippen LogP contribution in [0.2, 0.25) is 0 Å². The van der Waals surface area contributed by atoms with Crippen molar-refractivity contribution < 1.29 is 28.5 Å². The number of amides is 1. The highest BCUT2D eigenvalue weighted by Gasteiger charge is 2.17. The van der Waals surface area contributed by atoms with Gasteiger partial charge in [0.15, 0.2) is 17.6 Å². The highest BCUT2D eigenvalue weighted by atomic mass is 16.5. The van der Waals surface area contributed by atoms with Gasteiger partial charge in [0.2, 0.25) is 0 Å². The fraction of sp³-hybridized carbons (Fsp3) is 0.300. The second-order valence-electron chi connectivity index (χ2n) is 5.57. The van der Waals surface area contributed by atoms with E-state index in [1.165, 1.54) is 20.3 Å². The Bertz CT molecular complexity index is 805. The monoisotopic (exact) mass is 373 g/mol. The second kappa shape index (κ2) is 9.47. The Balaban J connectivity index is 2.04. The Morgan fingerprint density at radius 2 is 1.78 bits per heavy atom. The van der Waals surface area contributed by atoms with Gasteiger partial charge in [0.05, 0.1) is 26.4 Å². The molecule has 2 aromatic carbocycles. The lowest BCUT2D eigenvalue weighted by atomic mass is 10.2. The van der Waals surface area contributed by atoms with E-state index in [1.807, 2.05) is 0 Å². The molecule has 27 heavy (non-hydrogen) atoms. The molecule has 1 N–H and O–H groups in total. The van der Waals surface area contributed by atoms with Crippen molar-refractivity contribution in [2.75, 3.05) is 26.1 Å². The molecule has 0 unspecified atom stereocenters. The minimum absolute atomic E-state index is 0.286. The van der Waals surface area contributed by atoms with Gasteiger partial charge in [-0.3, -0.25) is 4.79 Å². The van der Waals surface area contributed by atoms with Crippen molar-refractivity contribution in [1.29, 1.82) is 0 Å². The number of benzene rings is 2. The van der Waals surface area contributed by atoms with Crippen LogP contribution in [0.5, 0.6) is 17.2 Å². The number of anilines is 1. The average molecular weight is 373 g/mol. The first-order valence-corrected chi connectivity index (χ1v) is 8.45. The third kappa shape index (κ3) is 5.37. The van der Waals surface area contributed by atoms with Gasteiger partial charge in [-0.2, -0.15) is 0 Å². The van der Waals surface area contributed by atoms with E-state index in [9.17, 15) is 9.59 Å². The zero-order valence-corrected chi connectivity index (χ0v) is 15.8. The molecule has 2 aromatic rings. The van der Waals surface area contributed by atoms with Crippen LogP contribution in [0.15, 0.2) is 42.5 Å². The predicted molar refractivity (Wildman–Crippen MR) is 101 cm³/mol. The summed E-state index contributed by atoms with van der Waals surface area (Å²) >= 11 is 0. The largest absolute Gasteiger partial charge is 0.493 e. The van der Waals surface area contributed by atoms with E-state index >= 15 is 0 Å². The smallest absolute Gasteiger partial charge is 0.338 e. The van der Waals surface area contributed by atoms with Gasteiger partial charge in [-0.15, -0.1) is 0 Å². The van der Waals surface area contributed by atoms with Crippen molar-refractivity contribution >= 4 is 17.6 Å². The van der Waals surface area contributed by atoms with Crippen LogP contribution < -0.4 is 19.5 Å². The minimum atomic E-state index is -0.782. The number of carbonyl (C=O) groups is 2. The molecule has 1 atom stereocenters. The van der Waals surface area contributed by atoms with Gasteiger partial charge in [0, 0.05) is 11.8 Å². The van der Waals surface area contributed by atoms with Crippen LogP contribution >= 0.6 is 0 Å². The van der Waals surface area contributed by atoms with Crippen LogP contribution in [0.4, 0.5) is 5.69 Å². The summed E-state index contributed by atoms with van der Waals surface area (Å²) in [4.78, 5) is 24.2. The summed E-state index contributed by atoms with van der Waals surface area (Å²) in [5, 5.41) is 2.75. The van der Waals surface area contributed by atoms with E-state index in [-0.39, 0.29) is 12.5 Å². The normalized spacial score (nSPS) is 11.3. The van der Waals surface area contributed by atoms with E-state index in [1.54, 1.807) is 50.2 Å². The summed E-state index contributed by atoms with van der Waals surface area (Å²) in [7, 11) is 3.06. The molecular formula is C20H23NO6. The predicted octanol–water partition coefficient (Wildman–Crippen LogP) is 3.29. The molecule has 0 heterocycles. The fourth-order valence-corrected chi connectivity index (χ4v) is 2.33. The lowest BCUT2D eigenvalue weighted by Crippen LogP contribution is -2.30. The number of methoxy groups -OCH3 is 2. The highest BCUT2D eigenvalue weighted by molar-refractivity contribution is 5.94. The average Bonchev–Trinajstić information content (AvgIpc) is 2.68. The summed E-state index contributed by atoms with van der Waals surface area (Å²) in [6.07, 6.45) is -0.782. The fourth-order valence-electron chi connectivity index (χ4n) is 2.33. The zero-order chi connectivity index (χ0) is 19.8. The molecule has 0 radical (unpaired) electrons. The number of carbonyl (C=O) groups excluding carboxylic acids is 2. The van der Waals surface area contributed by atoms with E-state index in [0.717, 1.165) is 0 Å². The Hall–Kier alpha value is -3.22. The minimum Gasteiger partial charge on any atom is -0.493 e. The number of rotatable bonds is 8. The first-order chi connectivity index (χ1) is 13.0. The van der Waals surface area contributed by atoms with Crippen LogP contribution in [0.1, 0.15) is 24.2 Å². The van der Waals surface area contributed by atoms with E-state index in [0.29, 0.717) is 28.5 Å². The lowest BCUT2D eigenvalue weighted by Gasteiger charge is -2.16. The molecule has 0 aliphatic carbocycles. The van der Waals surface area contributed by atoms with Gasteiger partial charge in [0.1, 0.15) is 5.75 Å². The van der Waals surface area contributed by atoms with Crippen molar-refractivity contribution in [2.24, 2.45) is 0 Å². The SMILES string of the molecule is CCOC(=O)c1cccc(O[C@@H](C)C(=O)Nc2ccc(OC)c(OC)c2)c1. The van der Waals surface area contributed by atoms with Crippen LogP contribution in [-0.2, 0) is 9.53 Å². The number of esters is 1. The maximum atomic E-state index is 12.4. The number of ether oxygens (including phenoxy) is 4. The summed E-state index contributed by atoms with van der Waals surface area (Å²) in [6, 6.07) is 11.6. The van der Waals surface area contributed by atoms with Gasteiger partial charge in [-0.05, 0) is 44.2 Å². The third-order valence-electron chi connectivity index (χ3n) is 3.68. The Morgan fingerprint density at radius 3 is 2.44 bits per heavy atom. The maximum absolute atomic E-state index is 12.4. The van der Waals surface area contributed by atoms with Crippen LogP contribution in [0.3, 0.4) is 0 Å². The molecule has 0 aliphatic rings. The van der Waals surface area contributed by atoms with Gasteiger partial charge in [-0.25, -0.2) is 4.79 Å². The Labute approximate surface area is 158 Å². The zero-order valence-electron chi connectivity index (χ0n) is 15.8. The van der Waals surface area contributed by atoms with E-state index in [4.69, 9.17) is 18.9 Å². The first-order valence-electron chi connectivity index (χ1n) is 8.45. The number of hydrogen-bond acceptors (Lipinski definition) is 6. The maximum Gasteiger partial charge on any atom is 0.338 e. The molecular weight excluding hydrogens is 350 g/mol. The quantitative estimate of drug-likeness (QED) is 0.715. The van der Waals surface area contributed by atoms with E-state index in [2.05, 4.69) is 5.32 Å². The molecule has 1 amide bonds. The molecule has 144 valence electrons. The van der Waals surface area contributed by atoms with Crippen LogP contribution in [-0.4, -0.2) is 38.8 Å². The topological polar surface area (TPSA) is 83.1 Å². The van der Waals surface area contributed by atoms with E-state index < -0.39 is 12.1 Å². The summed E-state index contributed by atoms with van der Waals surface area (Å²) in [5.41, 5.74) is 0.912. The number of hydrogen-bond donors (Lipinski definition) is 1. The molecule has 0 aromatic heterocycles. The van der Waals surface area contributed by atoms with Crippen LogP contribution in [0.25, 0.3) is 0 Å². The van der Waals surface area contributed by atoms with Gasteiger partial charge < -0.3 is 24.3 Å². The Kier molecular flexibility index (Phi) is 7.05.